The Morgan fingerprint density at radius 1 is 1.10 bits per heavy atom. The van der Waals surface area contributed by atoms with Gasteiger partial charge in [-0.1, -0.05) is 11.6 Å². The highest BCUT2D eigenvalue weighted by Gasteiger charge is 2.50. The van der Waals surface area contributed by atoms with Crippen LogP contribution < -0.4 is 5.32 Å². The van der Waals surface area contributed by atoms with Crippen LogP contribution in [0.3, 0.4) is 0 Å². The van der Waals surface area contributed by atoms with E-state index in [1.807, 2.05) is 0 Å². The number of benzene rings is 1. The molecule has 4 heteroatoms. The first kappa shape index (κ1) is 13.4. The number of carbonyl (C=O) groups is 1. The van der Waals surface area contributed by atoms with Crippen LogP contribution in [-0.2, 0) is 4.79 Å². The summed E-state index contributed by atoms with van der Waals surface area (Å²) in [6, 6.07) is 4.88. The maximum absolute atomic E-state index is 12.7. The average molecular weight is 306 g/mol. The third kappa shape index (κ3) is 2.32. The molecule has 1 aromatic carbocycles. The lowest BCUT2D eigenvalue weighted by Crippen LogP contribution is -2.49. The molecule has 112 valence electrons. The predicted molar refractivity (Wildman–Crippen MR) is 82.3 cm³/mol. The van der Waals surface area contributed by atoms with E-state index >= 15 is 0 Å². The van der Waals surface area contributed by atoms with Gasteiger partial charge in [0.25, 0.3) is 0 Å². The zero-order valence-electron chi connectivity index (χ0n) is 11.9. The molecule has 0 aromatic heterocycles. The zero-order valence-corrected chi connectivity index (χ0v) is 12.6. The Hall–Kier alpha value is -1.22. The van der Waals surface area contributed by atoms with Crippen LogP contribution >= 0.6 is 11.6 Å². The second-order valence-corrected chi connectivity index (χ2v) is 7.52. The standard InChI is InChI=1S/C17H20ClNO2/c18-14-2-1-13(8-15(14)20)19-17(21)16-11-4-9-3-10(6-11)7-12(16)5-9/h1-2,8-12,16,20H,3-7H2,(H,19,21). The van der Waals surface area contributed by atoms with Crippen LogP contribution in [0.15, 0.2) is 18.2 Å². The summed E-state index contributed by atoms with van der Waals surface area (Å²) >= 11 is 5.80. The highest BCUT2D eigenvalue weighted by Crippen LogP contribution is 2.56. The predicted octanol–water partition coefficient (Wildman–Crippen LogP) is 4.06. The smallest absolute Gasteiger partial charge is 0.228 e. The van der Waals surface area contributed by atoms with Gasteiger partial charge in [0.05, 0.1) is 5.02 Å². The van der Waals surface area contributed by atoms with Gasteiger partial charge >= 0.3 is 0 Å². The van der Waals surface area contributed by atoms with Crippen molar-refractivity contribution in [2.75, 3.05) is 5.32 Å². The second-order valence-electron chi connectivity index (χ2n) is 7.11. The molecular weight excluding hydrogens is 286 g/mol. The van der Waals surface area contributed by atoms with Crippen molar-refractivity contribution in [2.24, 2.45) is 29.6 Å². The van der Waals surface area contributed by atoms with E-state index in [-0.39, 0.29) is 17.6 Å². The normalized spacial score (nSPS) is 36.7. The molecule has 0 aliphatic heterocycles. The topological polar surface area (TPSA) is 49.3 Å². The van der Waals surface area contributed by atoms with Crippen molar-refractivity contribution in [3.8, 4) is 5.75 Å². The molecule has 0 atom stereocenters. The van der Waals surface area contributed by atoms with E-state index in [0.29, 0.717) is 22.5 Å². The van der Waals surface area contributed by atoms with Crippen LogP contribution in [0.25, 0.3) is 0 Å². The van der Waals surface area contributed by atoms with Crippen molar-refractivity contribution in [1.29, 1.82) is 0 Å². The minimum atomic E-state index is 0.0135. The third-order valence-corrected chi connectivity index (χ3v) is 6.06. The molecule has 0 heterocycles. The van der Waals surface area contributed by atoms with Gasteiger partial charge in [-0.25, -0.2) is 0 Å². The molecule has 1 amide bonds. The second kappa shape index (κ2) is 4.91. The van der Waals surface area contributed by atoms with E-state index in [1.54, 1.807) is 12.1 Å². The maximum atomic E-state index is 12.7. The van der Waals surface area contributed by atoms with Crippen LogP contribution in [0.4, 0.5) is 5.69 Å². The number of carbonyl (C=O) groups excluding carboxylic acids is 1. The number of hydrogen-bond acceptors (Lipinski definition) is 2. The zero-order chi connectivity index (χ0) is 14.6. The Kier molecular flexibility index (Phi) is 3.14. The van der Waals surface area contributed by atoms with Gasteiger partial charge in [-0.15, -0.1) is 0 Å². The van der Waals surface area contributed by atoms with Gasteiger partial charge in [-0.3, -0.25) is 4.79 Å². The highest BCUT2D eigenvalue weighted by molar-refractivity contribution is 6.32. The minimum Gasteiger partial charge on any atom is -0.506 e. The number of nitrogens with one attached hydrogen (secondary N) is 1. The Morgan fingerprint density at radius 2 is 1.71 bits per heavy atom. The van der Waals surface area contributed by atoms with E-state index < -0.39 is 0 Å². The molecular formula is C17H20ClNO2. The van der Waals surface area contributed by atoms with Gasteiger partial charge in [-0.2, -0.15) is 0 Å². The first-order valence-electron chi connectivity index (χ1n) is 7.89. The monoisotopic (exact) mass is 305 g/mol. The van der Waals surface area contributed by atoms with Gasteiger partial charge < -0.3 is 10.4 Å². The highest BCUT2D eigenvalue weighted by atomic mass is 35.5. The SMILES string of the molecule is O=C(Nc1ccc(Cl)c(O)c1)C1C2CC3CC(C2)CC1C3. The molecule has 4 saturated carbocycles. The van der Waals surface area contributed by atoms with Crippen molar-refractivity contribution in [3.05, 3.63) is 23.2 Å². The Bertz CT molecular complexity index is 558. The molecule has 5 rings (SSSR count). The average Bonchev–Trinajstić information content (AvgIpc) is 2.41. The maximum Gasteiger partial charge on any atom is 0.228 e. The largest absolute Gasteiger partial charge is 0.506 e. The van der Waals surface area contributed by atoms with E-state index in [0.717, 1.165) is 11.8 Å². The van der Waals surface area contributed by atoms with E-state index in [9.17, 15) is 9.90 Å². The summed E-state index contributed by atoms with van der Waals surface area (Å²) < 4.78 is 0. The number of phenolic OH excluding ortho intramolecular Hbond substituents is 1. The summed E-state index contributed by atoms with van der Waals surface area (Å²) in [5, 5.41) is 12.9. The lowest BCUT2D eigenvalue weighted by molar-refractivity contribution is -0.132. The molecule has 0 saturated heterocycles. The lowest BCUT2D eigenvalue weighted by atomic mass is 9.51. The van der Waals surface area contributed by atoms with Gasteiger partial charge in [0.1, 0.15) is 5.75 Å². The quantitative estimate of drug-likeness (QED) is 0.866. The summed E-state index contributed by atoms with van der Waals surface area (Å²) in [7, 11) is 0. The number of hydrogen-bond donors (Lipinski definition) is 2. The van der Waals surface area contributed by atoms with Crippen LogP contribution in [0.2, 0.25) is 5.02 Å². The van der Waals surface area contributed by atoms with Crippen molar-refractivity contribution in [1.82, 2.24) is 0 Å². The molecule has 1 aromatic rings. The van der Waals surface area contributed by atoms with Crippen molar-refractivity contribution >= 4 is 23.2 Å². The van der Waals surface area contributed by atoms with Gasteiger partial charge in [0.2, 0.25) is 5.91 Å². The fraction of sp³-hybridized carbons (Fsp3) is 0.588. The van der Waals surface area contributed by atoms with E-state index in [2.05, 4.69) is 5.32 Å². The van der Waals surface area contributed by atoms with Crippen molar-refractivity contribution < 1.29 is 9.90 Å². The van der Waals surface area contributed by atoms with Crippen LogP contribution in [0.5, 0.6) is 5.75 Å². The fourth-order valence-corrected chi connectivity index (χ4v) is 5.29. The fourth-order valence-electron chi connectivity index (χ4n) is 5.17. The summed E-state index contributed by atoms with van der Waals surface area (Å²) in [6.07, 6.45) is 6.33. The number of anilines is 1. The molecule has 4 bridgehead atoms. The molecule has 0 radical (unpaired) electrons. The summed E-state index contributed by atoms with van der Waals surface area (Å²) in [5.41, 5.74) is 0.635. The van der Waals surface area contributed by atoms with E-state index in [4.69, 9.17) is 11.6 Å². The van der Waals surface area contributed by atoms with Gasteiger partial charge in [0.15, 0.2) is 0 Å². The van der Waals surface area contributed by atoms with Crippen molar-refractivity contribution in [3.63, 3.8) is 0 Å². The molecule has 0 unspecified atom stereocenters. The lowest BCUT2D eigenvalue weighted by Gasteiger charge is -2.53. The molecule has 3 nitrogen and oxygen atoms in total. The van der Waals surface area contributed by atoms with Crippen LogP contribution in [0, 0.1) is 29.6 Å². The van der Waals surface area contributed by atoms with Gasteiger partial charge in [-0.05, 0) is 67.9 Å². The first-order valence-corrected chi connectivity index (χ1v) is 8.27. The summed E-state index contributed by atoms with van der Waals surface area (Å²) in [4.78, 5) is 12.7. The number of rotatable bonds is 2. The minimum absolute atomic E-state index is 0.0135. The summed E-state index contributed by atoms with van der Waals surface area (Å²) in [5.74, 6) is 3.19. The number of halogens is 1. The van der Waals surface area contributed by atoms with Crippen LogP contribution in [-0.4, -0.2) is 11.0 Å². The van der Waals surface area contributed by atoms with Crippen LogP contribution in [0.1, 0.15) is 32.1 Å². The van der Waals surface area contributed by atoms with Gasteiger partial charge in [0, 0.05) is 17.7 Å². The summed E-state index contributed by atoms with van der Waals surface area (Å²) in [6.45, 7) is 0. The molecule has 4 aliphatic carbocycles. The number of amides is 1. The third-order valence-electron chi connectivity index (χ3n) is 5.74. The molecule has 21 heavy (non-hydrogen) atoms. The Labute approximate surface area is 129 Å². The number of aromatic hydroxyl groups is 1. The first-order chi connectivity index (χ1) is 10.1. The van der Waals surface area contributed by atoms with Crippen molar-refractivity contribution in [2.45, 2.75) is 32.1 Å². The Balaban J connectivity index is 1.51. The Morgan fingerprint density at radius 3 is 2.29 bits per heavy atom. The molecule has 2 N–H and O–H groups in total. The van der Waals surface area contributed by atoms with E-state index in [1.165, 1.54) is 38.2 Å². The molecule has 0 spiro atoms. The number of phenols is 1. The molecule has 4 fully saturated rings. The molecule has 4 aliphatic rings.